The van der Waals surface area contributed by atoms with Gasteiger partial charge in [-0.05, 0) is 19.1 Å². The first-order valence-electron chi connectivity index (χ1n) is 5.85. The molecular formula is C12H16N6O. The number of hydrogen-bond acceptors (Lipinski definition) is 4. The summed E-state index contributed by atoms with van der Waals surface area (Å²) < 4.78 is 1.70. The standard InChI is InChI=1S/C12H16N6O/c1-9-14-11(16-15-9)8-17(2)12(19)5-4-10-6-7-13-18(10)3/h4-7H,8H2,1-3H3,(H,14,15,16). The summed E-state index contributed by atoms with van der Waals surface area (Å²) in [6, 6.07) is 1.84. The summed E-state index contributed by atoms with van der Waals surface area (Å²) in [7, 11) is 3.53. The Hall–Kier alpha value is -2.44. The molecule has 0 radical (unpaired) electrons. The van der Waals surface area contributed by atoms with Gasteiger partial charge in [-0.25, -0.2) is 4.98 Å². The van der Waals surface area contributed by atoms with E-state index in [1.54, 1.807) is 28.9 Å². The largest absolute Gasteiger partial charge is 0.335 e. The number of nitrogens with one attached hydrogen (secondary N) is 1. The van der Waals surface area contributed by atoms with Gasteiger partial charge in [0.1, 0.15) is 5.82 Å². The smallest absolute Gasteiger partial charge is 0.246 e. The lowest BCUT2D eigenvalue weighted by Crippen LogP contribution is -2.24. The van der Waals surface area contributed by atoms with E-state index in [0.29, 0.717) is 12.4 Å². The third-order valence-electron chi connectivity index (χ3n) is 2.65. The first kappa shape index (κ1) is 13.0. The van der Waals surface area contributed by atoms with Crippen LogP contribution >= 0.6 is 0 Å². The molecule has 0 unspecified atom stereocenters. The van der Waals surface area contributed by atoms with E-state index in [2.05, 4.69) is 20.3 Å². The molecule has 2 aromatic heterocycles. The number of aromatic amines is 1. The summed E-state index contributed by atoms with van der Waals surface area (Å²) in [6.07, 6.45) is 4.93. The molecule has 2 heterocycles. The van der Waals surface area contributed by atoms with Crippen molar-refractivity contribution in [1.29, 1.82) is 0 Å². The van der Waals surface area contributed by atoms with Crippen LogP contribution in [0.3, 0.4) is 0 Å². The average Bonchev–Trinajstić information content (AvgIpc) is 2.95. The van der Waals surface area contributed by atoms with E-state index in [1.807, 2.05) is 20.0 Å². The molecule has 0 fully saturated rings. The number of hydrogen-bond donors (Lipinski definition) is 1. The maximum atomic E-state index is 11.9. The molecule has 0 saturated carbocycles. The normalized spacial score (nSPS) is 11.1. The third kappa shape index (κ3) is 3.27. The lowest BCUT2D eigenvalue weighted by atomic mass is 10.3. The third-order valence-corrected chi connectivity index (χ3v) is 2.65. The highest BCUT2D eigenvalue weighted by Crippen LogP contribution is 2.02. The van der Waals surface area contributed by atoms with Crippen molar-refractivity contribution >= 4 is 12.0 Å². The first-order chi connectivity index (χ1) is 9.06. The van der Waals surface area contributed by atoms with E-state index >= 15 is 0 Å². The Labute approximate surface area is 110 Å². The summed E-state index contributed by atoms with van der Waals surface area (Å²) >= 11 is 0. The molecule has 0 aromatic carbocycles. The van der Waals surface area contributed by atoms with E-state index in [0.717, 1.165) is 11.5 Å². The van der Waals surface area contributed by atoms with Crippen LogP contribution in [0.4, 0.5) is 0 Å². The van der Waals surface area contributed by atoms with Gasteiger partial charge in [0, 0.05) is 26.4 Å². The second-order valence-electron chi connectivity index (χ2n) is 4.24. The van der Waals surface area contributed by atoms with Crippen molar-refractivity contribution in [3.05, 3.63) is 35.7 Å². The van der Waals surface area contributed by atoms with Gasteiger partial charge in [0.05, 0.1) is 12.2 Å². The van der Waals surface area contributed by atoms with Gasteiger partial charge in [-0.3, -0.25) is 14.6 Å². The highest BCUT2D eigenvalue weighted by molar-refractivity contribution is 5.91. The monoisotopic (exact) mass is 260 g/mol. The Morgan fingerprint density at radius 3 is 2.95 bits per heavy atom. The second kappa shape index (κ2) is 5.47. The van der Waals surface area contributed by atoms with E-state index in [9.17, 15) is 4.79 Å². The molecule has 0 bridgehead atoms. The molecule has 2 aromatic rings. The fourth-order valence-corrected chi connectivity index (χ4v) is 1.58. The van der Waals surface area contributed by atoms with Crippen LogP contribution in [0.1, 0.15) is 17.3 Å². The van der Waals surface area contributed by atoms with Crippen LogP contribution in [0.2, 0.25) is 0 Å². The molecule has 0 saturated heterocycles. The predicted octanol–water partition coefficient (Wildman–Crippen LogP) is 0.518. The number of aromatic nitrogens is 5. The molecule has 1 N–H and O–H groups in total. The Morgan fingerprint density at radius 2 is 2.37 bits per heavy atom. The van der Waals surface area contributed by atoms with Crippen LogP contribution in [0.15, 0.2) is 18.3 Å². The summed E-state index contributed by atoms with van der Waals surface area (Å²) in [5.41, 5.74) is 0.871. The number of nitrogens with zero attached hydrogens (tertiary/aromatic N) is 5. The fraction of sp³-hybridized carbons (Fsp3) is 0.333. The van der Waals surface area contributed by atoms with E-state index < -0.39 is 0 Å². The Morgan fingerprint density at radius 1 is 1.58 bits per heavy atom. The molecule has 100 valence electrons. The Balaban J connectivity index is 1.96. The van der Waals surface area contributed by atoms with Gasteiger partial charge in [-0.15, -0.1) is 0 Å². The number of carbonyl (C=O) groups is 1. The van der Waals surface area contributed by atoms with Crippen LogP contribution in [-0.2, 0) is 18.4 Å². The lowest BCUT2D eigenvalue weighted by molar-refractivity contribution is -0.125. The van der Waals surface area contributed by atoms with Gasteiger partial charge >= 0.3 is 0 Å². The van der Waals surface area contributed by atoms with Crippen LogP contribution < -0.4 is 0 Å². The molecule has 0 aliphatic rings. The minimum atomic E-state index is -0.108. The molecule has 7 nitrogen and oxygen atoms in total. The van der Waals surface area contributed by atoms with Crippen molar-refractivity contribution in [2.24, 2.45) is 7.05 Å². The van der Waals surface area contributed by atoms with Crippen molar-refractivity contribution in [3.8, 4) is 0 Å². The van der Waals surface area contributed by atoms with Gasteiger partial charge in [0.25, 0.3) is 0 Å². The zero-order chi connectivity index (χ0) is 13.8. The van der Waals surface area contributed by atoms with Gasteiger partial charge < -0.3 is 4.90 Å². The number of H-pyrrole nitrogens is 1. The van der Waals surface area contributed by atoms with Crippen molar-refractivity contribution < 1.29 is 4.79 Å². The number of aryl methyl sites for hydroxylation is 2. The molecule has 1 amide bonds. The topological polar surface area (TPSA) is 79.7 Å². The molecule has 2 rings (SSSR count). The quantitative estimate of drug-likeness (QED) is 0.813. The van der Waals surface area contributed by atoms with Gasteiger partial charge in [0.2, 0.25) is 5.91 Å². The molecular weight excluding hydrogens is 244 g/mol. The maximum absolute atomic E-state index is 11.9. The summed E-state index contributed by atoms with van der Waals surface area (Å²) in [4.78, 5) is 17.6. The molecule has 0 atom stereocenters. The molecule has 19 heavy (non-hydrogen) atoms. The first-order valence-corrected chi connectivity index (χ1v) is 5.85. The number of likely N-dealkylation sites (N-methyl/N-ethyl adjacent to an activating group) is 1. The van der Waals surface area contributed by atoms with Gasteiger partial charge in [0.15, 0.2) is 5.82 Å². The maximum Gasteiger partial charge on any atom is 0.246 e. The van der Waals surface area contributed by atoms with Crippen LogP contribution in [0.5, 0.6) is 0 Å². The zero-order valence-corrected chi connectivity index (χ0v) is 11.2. The second-order valence-corrected chi connectivity index (χ2v) is 4.24. The molecule has 7 heteroatoms. The summed E-state index contributed by atoms with van der Waals surface area (Å²) in [5.74, 6) is 1.23. The Bertz CT molecular complexity index is 597. The van der Waals surface area contributed by atoms with E-state index in [-0.39, 0.29) is 5.91 Å². The molecule has 0 spiro atoms. The molecule has 0 aliphatic heterocycles. The van der Waals surface area contributed by atoms with Crippen LogP contribution in [-0.4, -0.2) is 42.8 Å². The van der Waals surface area contributed by atoms with Crippen molar-refractivity contribution in [3.63, 3.8) is 0 Å². The number of rotatable bonds is 4. The van der Waals surface area contributed by atoms with Gasteiger partial charge in [-0.1, -0.05) is 0 Å². The number of amides is 1. The SMILES string of the molecule is Cc1nc(CN(C)C(=O)C=Cc2ccnn2C)n[nH]1. The van der Waals surface area contributed by atoms with E-state index in [1.165, 1.54) is 6.08 Å². The summed E-state index contributed by atoms with van der Waals surface area (Å²) in [6.45, 7) is 2.19. The lowest BCUT2D eigenvalue weighted by Gasteiger charge is -2.12. The predicted molar refractivity (Wildman–Crippen MR) is 69.8 cm³/mol. The van der Waals surface area contributed by atoms with Crippen LogP contribution in [0, 0.1) is 6.92 Å². The molecule has 0 aliphatic carbocycles. The highest BCUT2D eigenvalue weighted by Gasteiger charge is 2.09. The average molecular weight is 260 g/mol. The minimum Gasteiger partial charge on any atom is -0.335 e. The fourth-order valence-electron chi connectivity index (χ4n) is 1.58. The minimum absolute atomic E-state index is 0.108. The van der Waals surface area contributed by atoms with Crippen LogP contribution in [0.25, 0.3) is 6.08 Å². The van der Waals surface area contributed by atoms with Gasteiger partial charge in [-0.2, -0.15) is 10.2 Å². The highest BCUT2D eigenvalue weighted by atomic mass is 16.2. The number of carbonyl (C=O) groups excluding carboxylic acids is 1. The Kier molecular flexibility index (Phi) is 3.74. The van der Waals surface area contributed by atoms with Crippen molar-refractivity contribution in [2.45, 2.75) is 13.5 Å². The van der Waals surface area contributed by atoms with Crippen molar-refractivity contribution in [1.82, 2.24) is 29.9 Å². The van der Waals surface area contributed by atoms with E-state index in [4.69, 9.17) is 0 Å². The summed E-state index contributed by atoms with van der Waals surface area (Å²) in [5, 5.41) is 10.8. The van der Waals surface area contributed by atoms with Crippen molar-refractivity contribution in [2.75, 3.05) is 7.05 Å². The zero-order valence-electron chi connectivity index (χ0n) is 11.2.